The summed E-state index contributed by atoms with van der Waals surface area (Å²) in [7, 11) is 0.906. The summed E-state index contributed by atoms with van der Waals surface area (Å²) in [5.74, 6) is 0. The number of rotatable bonds is 3. The van der Waals surface area contributed by atoms with Crippen molar-refractivity contribution in [2.24, 2.45) is 0 Å². The number of hydrogen-bond donors (Lipinski definition) is 0. The molecule has 0 bridgehead atoms. The van der Waals surface area contributed by atoms with Crippen LogP contribution in [0.4, 0.5) is 0 Å². The van der Waals surface area contributed by atoms with E-state index in [1.54, 1.807) is 27.4 Å². The molecular weight excluding hydrogens is 304 g/mol. The van der Waals surface area contributed by atoms with Gasteiger partial charge < -0.3 is 0 Å². The minimum Gasteiger partial charge on any atom is -0.207 e. The summed E-state index contributed by atoms with van der Waals surface area (Å²) < 4.78 is 0. The van der Waals surface area contributed by atoms with Gasteiger partial charge in [0, 0.05) is 0 Å². The average molecular weight is 327 g/mol. The first-order valence-corrected chi connectivity index (χ1v) is 8.94. The molecule has 0 unspecified atom stereocenters. The molecule has 0 amide bonds. The largest absolute Gasteiger partial charge is 2.00 e. The van der Waals surface area contributed by atoms with Gasteiger partial charge in [0.1, 0.15) is 0 Å². The molecular formula is C19H23SiTi+. The van der Waals surface area contributed by atoms with Crippen molar-refractivity contribution in [3.63, 3.8) is 0 Å². The molecule has 2 radical (unpaired) electrons. The fourth-order valence-corrected chi connectivity index (χ4v) is 4.77. The second kappa shape index (κ2) is 7.18. The number of aryl methyl sites for hydroxylation is 2. The van der Waals surface area contributed by atoms with Crippen LogP contribution in [0.2, 0.25) is 0 Å². The Hall–Kier alpha value is -0.499. The number of benzene rings is 1. The SMILES string of the molecule is Cc1cccc([Si]Cc2cc3c([c-]2C)CCCC3)c1C.[Ti+2]. The molecule has 1 aliphatic carbocycles. The molecule has 2 aromatic rings. The van der Waals surface area contributed by atoms with Crippen LogP contribution in [0.25, 0.3) is 0 Å². The van der Waals surface area contributed by atoms with Crippen molar-refractivity contribution < 1.29 is 21.7 Å². The Morgan fingerprint density at radius 3 is 2.67 bits per heavy atom. The summed E-state index contributed by atoms with van der Waals surface area (Å²) in [6.45, 7) is 6.82. The van der Waals surface area contributed by atoms with Crippen molar-refractivity contribution >= 4 is 14.7 Å². The number of fused-ring (bicyclic) bond motifs is 1. The van der Waals surface area contributed by atoms with Crippen molar-refractivity contribution in [1.82, 2.24) is 0 Å². The van der Waals surface area contributed by atoms with Gasteiger partial charge in [0.15, 0.2) is 0 Å². The zero-order valence-electron chi connectivity index (χ0n) is 13.3. The van der Waals surface area contributed by atoms with E-state index >= 15 is 0 Å². The molecule has 0 fully saturated rings. The fourth-order valence-electron chi connectivity index (χ4n) is 3.35. The Balaban J connectivity index is 0.00000161. The maximum Gasteiger partial charge on any atom is 2.00 e. The first-order valence-electron chi connectivity index (χ1n) is 7.74. The van der Waals surface area contributed by atoms with Crippen molar-refractivity contribution in [3.8, 4) is 0 Å². The first-order chi connectivity index (χ1) is 9.66. The Labute approximate surface area is 146 Å². The molecule has 0 saturated carbocycles. The Bertz CT molecular complexity index is 625. The monoisotopic (exact) mass is 327 g/mol. The van der Waals surface area contributed by atoms with Gasteiger partial charge >= 0.3 is 21.7 Å². The van der Waals surface area contributed by atoms with Gasteiger partial charge in [-0.1, -0.05) is 62.0 Å². The van der Waals surface area contributed by atoms with E-state index in [1.807, 2.05) is 0 Å². The summed E-state index contributed by atoms with van der Waals surface area (Å²) >= 11 is 0. The third kappa shape index (κ3) is 3.47. The van der Waals surface area contributed by atoms with Crippen LogP contribution in [0.1, 0.15) is 46.2 Å². The maximum absolute atomic E-state index is 2.50. The van der Waals surface area contributed by atoms with Crippen molar-refractivity contribution in [2.45, 2.75) is 52.5 Å². The molecule has 0 saturated heterocycles. The van der Waals surface area contributed by atoms with Crippen LogP contribution in [-0.2, 0) is 40.6 Å². The second-order valence-corrected chi connectivity index (χ2v) is 7.35. The van der Waals surface area contributed by atoms with Crippen LogP contribution in [0, 0.1) is 20.8 Å². The van der Waals surface area contributed by atoms with Crippen LogP contribution in [0.5, 0.6) is 0 Å². The molecule has 0 aromatic heterocycles. The van der Waals surface area contributed by atoms with Gasteiger partial charge in [-0.15, -0.1) is 0 Å². The van der Waals surface area contributed by atoms with E-state index in [0.29, 0.717) is 0 Å². The predicted molar refractivity (Wildman–Crippen MR) is 88.4 cm³/mol. The van der Waals surface area contributed by atoms with Gasteiger partial charge in [-0.3, -0.25) is 0 Å². The minimum absolute atomic E-state index is 0. The van der Waals surface area contributed by atoms with Crippen LogP contribution < -0.4 is 5.19 Å². The zero-order valence-corrected chi connectivity index (χ0v) is 15.9. The summed E-state index contributed by atoms with van der Waals surface area (Å²) in [5, 5.41) is 1.54. The molecule has 0 spiro atoms. The molecule has 106 valence electrons. The van der Waals surface area contributed by atoms with Crippen LogP contribution in [-0.4, -0.2) is 9.52 Å². The summed E-state index contributed by atoms with van der Waals surface area (Å²) in [4.78, 5) is 0. The van der Waals surface area contributed by atoms with Gasteiger partial charge in [0.25, 0.3) is 0 Å². The minimum atomic E-state index is 0. The third-order valence-electron chi connectivity index (χ3n) is 4.87. The zero-order chi connectivity index (χ0) is 14.1. The molecule has 1 aliphatic rings. The van der Waals surface area contributed by atoms with Gasteiger partial charge in [0.05, 0.1) is 9.52 Å². The van der Waals surface area contributed by atoms with E-state index in [2.05, 4.69) is 45.0 Å². The summed E-state index contributed by atoms with van der Waals surface area (Å²) in [6.07, 6.45) is 5.39. The Morgan fingerprint density at radius 1 is 1.14 bits per heavy atom. The molecule has 0 N–H and O–H groups in total. The molecule has 2 heteroatoms. The van der Waals surface area contributed by atoms with Crippen LogP contribution in [0.3, 0.4) is 0 Å². The van der Waals surface area contributed by atoms with Gasteiger partial charge in [-0.2, -0.15) is 22.3 Å². The second-order valence-electron chi connectivity index (χ2n) is 6.11. The van der Waals surface area contributed by atoms with E-state index in [1.165, 1.54) is 42.9 Å². The normalized spacial score (nSPS) is 13.7. The molecule has 0 heterocycles. The molecule has 2 aromatic carbocycles. The van der Waals surface area contributed by atoms with E-state index in [4.69, 9.17) is 0 Å². The maximum atomic E-state index is 2.50. The van der Waals surface area contributed by atoms with E-state index in [-0.39, 0.29) is 21.7 Å². The standard InChI is InChI=1S/C19H23Si.Ti/c1-13-7-6-10-19(14(13)2)20-12-17-11-16-8-4-5-9-18(16)15(17)3;/h6-7,10-11H,4-5,8-9,12H2,1-3H3;/q-1;+2. The van der Waals surface area contributed by atoms with E-state index < -0.39 is 0 Å². The fraction of sp³-hybridized carbons (Fsp3) is 0.421. The van der Waals surface area contributed by atoms with Gasteiger partial charge in [0.2, 0.25) is 0 Å². The molecule has 3 rings (SSSR count). The van der Waals surface area contributed by atoms with E-state index in [9.17, 15) is 0 Å². The van der Waals surface area contributed by atoms with Crippen molar-refractivity contribution in [3.05, 3.63) is 57.6 Å². The molecule has 0 nitrogen and oxygen atoms in total. The summed E-state index contributed by atoms with van der Waals surface area (Å²) in [6, 6.07) is 10.5. The van der Waals surface area contributed by atoms with Crippen LogP contribution in [0.15, 0.2) is 24.3 Å². The van der Waals surface area contributed by atoms with Crippen molar-refractivity contribution in [1.29, 1.82) is 0 Å². The Kier molecular flexibility index (Phi) is 5.76. The van der Waals surface area contributed by atoms with Crippen molar-refractivity contribution in [2.75, 3.05) is 0 Å². The smallest absolute Gasteiger partial charge is 0.207 e. The molecule has 21 heavy (non-hydrogen) atoms. The third-order valence-corrected chi connectivity index (χ3v) is 6.35. The summed E-state index contributed by atoms with van der Waals surface area (Å²) in [5.41, 5.74) is 9.44. The average Bonchev–Trinajstić information content (AvgIpc) is 2.78. The topological polar surface area (TPSA) is 0 Å². The van der Waals surface area contributed by atoms with Gasteiger partial charge in [-0.05, 0) is 25.0 Å². The molecule has 0 aliphatic heterocycles. The first kappa shape index (κ1) is 16.9. The quantitative estimate of drug-likeness (QED) is 0.595. The van der Waals surface area contributed by atoms with Gasteiger partial charge in [-0.25, -0.2) is 6.07 Å². The van der Waals surface area contributed by atoms with E-state index in [0.717, 1.165) is 9.52 Å². The van der Waals surface area contributed by atoms with Crippen LogP contribution >= 0.6 is 0 Å². The molecule has 0 atom stereocenters. The predicted octanol–water partition coefficient (Wildman–Crippen LogP) is 3.74. The number of hydrogen-bond acceptors (Lipinski definition) is 0. The Morgan fingerprint density at radius 2 is 1.90 bits per heavy atom.